The highest BCUT2D eigenvalue weighted by Gasteiger charge is 2.31. The molecule has 1 heterocycles. The van der Waals surface area contributed by atoms with Crippen LogP contribution >= 0.6 is 0 Å². The summed E-state index contributed by atoms with van der Waals surface area (Å²) < 4.78 is 5.41. The molecule has 1 aliphatic heterocycles. The van der Waals surface area contributed by atoms with E-state index in [0.29, 0.717) is 19.5 Å². The number of amides is 1. The zero-order chi connectivity index (χ0) is 17.7. The van der Waals surface area contributed by atoms with E-state index in [1.807, 2.05) is 58.0 Å². The molecule has 3 unspecified atom stereocenters. The Hall–Kier alpha value is -1.59. The second-order valence-corrected chi connectivity index (χ2v) is 7.62. The Morgan fingerprint density at radius 1 is 1.38 bits per heavy atom. The molecule has 1 amide bonds. The Kier molecular flexibility index (Phi) is 6.24. The van der Waals surface area contributed by atoms with Gasteiger partial charge in [0.15, 0.2) is 0 Å². The van der Waals surface area contributed by atoms with E-state index < -0.39 is 11.7 Å². The molecule has 24 heavy (non-hydrogen) atoms. The number of carbonyl (C=O) groups excluding carboxylic acids is 1. The van der Waals surface area contributed by atoms with Crippen LogP contribution in [0.2, 0.25) is 0 Å². The number of benzene rings is 1. The molecule has 0 radical (unpaired) electrons. The number of likely N-dealkylation sites (tertiary alicyclic amines) is 1. The minimum atomic E-state index is -0.470. The molecule has 1 aromatic rings. The van der Waals surface area contributed by atoms with Crippen molar-refractivity contribution in [3.05, 3.63) is 35.9 Å². The maximum Gasteiger partial charge on any atom is 0.410 e. The summed E-state index contributed by atoms with van der Waals surface area (Å²) in [5.74, 6) is 0. The first kappa shape index (κ1) is 18.7. The molecule has 1 fully saturated rings. The van der Waals surface area contributed by atoms with Crippen LogP contribution in [0.5, 0.6) is 0 Å². The van der Waals surface area contributed by atoms with Crippen molar-refractivity contribution in [1.82, 2.24) is 10.2 Å². The molecule has 5 heteroatoms. The van der Waals surface area contributed by atoms with Gasteiger partial charge in [-0.2, -0.15) is 0 Å². The van der Waals surface area contributed by atoms with E-state index >= 15 is 0 Å². The first-order valence-corrected chi connectivity index (χ1v) is 8.70. The van der Waals surface area contributed by atoms with Crippen LogP contribution in [0.25, 0.3) is 0 Å². The highest BCUT2D eigenvalue weighted by Crippen LogP contribution is 2.16. The zero-order valence-corrected chi connectivity index (χ0v) is 15.2. The third-order valence-electron chi connectivity index (χ3n) is 4.20. The van der Waals surface area contributed by atoms with Crippen LogP contribution in [-0.2, 0) is 11.2 Å². The number of hydrogen-bond acceptors (Lipinski definition) is 4. The monoisotopic (exact) mass is 334 g/mol. The summed E-state index contributed by atoms with van der Waals surface area (Å²) in [7, 11) is 0. The summed E-state index contributed by atoms with van der Waals surface area (Å²) >= 11 is 0. The van der Waals surface area contributed by atoms with E-state index in [-0.39, 0.29) is 18.2 Å². The molecule has 0 spiro atoms. The molecule has 0 aromatic heterocycles. The predicted octanol–water partition coefficient (Wildman–Crippen LogP) is 2.58. The predicted molar refractivity (Wildman–Crippen MR) is 95.0 cm³/mol. The van der Waals surface area contributed by atoms with Crippen molar-refractivity contribution in [2.45, 2.75) is 64.3 Å². The Bertz CT molecular complexity index is 527. The van der Waals surface area contributed by atoms with E-state index in [9.17, 15) is 9.90 Å². The number of aliphatic hydroxyl groups is 1. The van der Waals surface area contributed by atoms with Crippen molar-refractivity contribution in [3.63, 3.8) is 0 Å². The lowest BCUT2D eigenvalue weighted by molar-refractivity contribution is 0.0289. The zero-order valence-electron chi connectivity index (χ0n) is 15.2. The normalized spacial score (nSPS) is 20.7. The van der Waals surface area contributed by atoms with E-state index in [1.165, 1.54) is 0 Å². The second kappa shape index (κ2) is 7.99. The number of hydrogen-bond donors (Lipinski definition) is 2. The van der Waals surface area contributed by atoms with Crippen LogP contribution in [0.4, 0.5) is 4.79 Å². The van der Waals surface area contributed by atoms with Crippen molar-refractivity contribution >= 4 is 6.09 Å². The molecule has 2 rings (SSSR count). The molecule has 2 N–H and O–H groups in total. The summed E-state index contributed by atoms with van der Waals surface area (Å²) in [6, 6.07) is 10.1. The fraction of sp³-hybridized carbons (Fsp3) is 0.632. The second-order valence-electron chi connectivity index (χ2n) is 7.62. The number of rotatable bonds is 5. The lowest BCUT2D eigenvalue weighted by Crippen LogP contribution is -2.46. The van der Waals surface area contributed by atoms with Gasteiger partial charge in [0.25, 0.3) is 0 Å². The van der Waals surface area contributed by atoms with Crippen molar-refractivity contribution < 1.29 is 14.6 Å². The molecule has 5 nitrogen and oxygen atoms in total. The Morgan fingerprint density at radius 3 is 2.67 bits per heavy atom. The fourth-order valence-corrected chi connectivity index (χ4v) is 2.90. The van der Waals surface area contributed by atoms with Crippen LogP contribution in [0.1, 0.15) is 39.7 Å². The van der Waals surface area contributed by atoms with Gasteiger partial charge in [-0.1, -0.05) is 30.3 Å². The first-order chi connectivity index (χ1) is 11.2. The van der Waals surface area contributed by atoms with E-state index in [4.69, 9.17) is 4.74 Å². The lowest BCUT2D eigenvalue weighted by Gasteiger charge is -2.26. The lowest BCUT2D eigenvalue weighted by atomic mass is 10.0. The number of nitrogens with one attached hydrogen (secondary N) is 1. The Labute approximate surface area is 145 Å². The van der Waals surface area contributed by atoms with Gasteiger partial charge in [-0.05, 0) is 46.1 Å². The molecular formula is C19H30N2O3. The first-order valence-electron chi connectivity index (χ1n) is 8.70. The number of ether oxygens (including phenoxy) is 1. The van der Waals surface area contributed by atoms with Gasteiger partial charge in [-0.15, -0.1) is 0 Å². The summed E-state index contributed by atoms with van der Waals surface area (Å²) in [5, 5.41) is 13.8. The summed E-state index contributed by atoms with van der Waals surface area (Å²) in [4.78, 5) is 13.8. The van der Waals surface area contributed by atoms with Gasteiger partial charge >= 0.3 is 6.09 Å². The fourth-order valence-electron chi connectivity index (χ4n) is 2.90. The molecule has 134 valence electrons. The van der Waals surface area contributed by atoms with Crippen molar-refractivity contribution in [1.29, 1.82) is 0 Å². The van der Waals surface area contributed by atoms with E-state index in [1.54, 1.807) is 4.90 Å². The van der Waals surface area contributed by atoms with E-state index in [0.717, 1.165) is 12.0 Å². The standard InChI is InChI=1S/C19H30N2O3/c1-14(17(22)12-15-8-6-5-7-9-15)20-16-10-11-21(13-16)18(23)24-19(2,3)4/h5-9,14,16-17,20,22H,10-13H2,1-4H3. The average molecular weight is 334 g/mol. The quantitative estimate of drug-likeness (QED) is 0.869. The van der Waals surface area contributed by atoms with Crippen molar-refractivity contribution in [3.8, 4) is 0 Å². The molecule has 3 atom stereocenters. The van der Waals surface area contributed by atoms with Crippen LogP contribution in [0.3, 0.4) is 0 Å². The summed E-state index contributed by atoms with van der Waals surface area (Å²) in [6.07, 6.45) is 0.784. The molecule has 1 aliphatic rings. The minimum Gasteiger partial charge on any atom is -0.444 e. The Morgan fingerprint density at radius 2 is 2.04 bits per heavy atom. The summed E-state index contributed by atoms with van der Waals surface area (Å²) in [5.41, 5.74) is 0.655. The number of aliphatic hydroxyl groups excluding tert-OH is 1. The van der Waals surface area contributed by atoms with Gasteiger partial charge in [0.05, 0.1) is 6.10 Å². The van der Waals surface area contributed by atoms with Crippen molar-refractivity contribution in [2.75, 3.05) is 13.1 Å². The largest absolute Gasteiger partial charge is 0.444 e. The number of nitrogens with zero attached hydrogens (tertiary/aromatic N) is 1. The maximum absolute atomic E-state index is 12.1. The highest BCUT2D eigenvalue weighted by atomic mass is 16.6. The van der Waals surface area contributed by atoms with Gasteiger partial charge in [0.1, 0.15) is 5.60 Å². The average Bonchev–Trinajstić information content (AvgIpc) is 2.95. The highest BCUT2D eigenvalue weighted by molar-refractivity contribution is 5.68. The molecule has 1 saturated heterocycles. The molecule has 0 saturated carbocycles. The smallest absolute Gasteiger partial charge is 0.410 e. The van der Waals surface area contributed by atoms with Gasteiger partial charge in [0, 0.05) is 25.2 Å². The SMILES string of the molecule is CC(NC1CCN(C(=O)OC(C)(C)C)C1)C(O)Cc1ccccc1. The van der Waals surface area contributed by atoms with Crippen LogP contribution in [-0.4, -0.2) is 53.0 Å². The maximum atomic E-state index is 12.1. The van der Waals surface area contributed by atoms with Gasteiger partial charge in [0.2, 0.25) is 0 Å². The molecule has 0 aliphatic carbocycles. The van der Waals surface area contributed by atoms with Crippen LogP contribution in [0.15, 0.2) is 30.3 Å². The van der Waals surface area contributed by atoms with Gasteiger partial charge in [-0.3, -0.25) is 0 Å². The van der Waals surface area contributed by atoms with Crippen LogP contribution < -0.4 is 5.32 Å². The molecule has 1 aromatic carbocycles. The van der Waals surface area contributed by atoms with Crippen LogP contribution in [0, 0.1) is 0 Å². The van der Waals surface area contributed by atoms with Gasteiger partial charge in [-0.25, -0.2) is 4.79 Å². The van der Waals surface area contributed by atoms with E-state index in [2.05, 4.69) is 5.32 Å². The minimum absolute atomic E-state index is 0.0335. The Balaban J connectivity index is 1.78. The summed E-state index contributed by atoms with van der Waals surface area (Å²) in [6.45, 7) is 8.92. The molecule has 0 bridgehead atoms. The van der Waals surface area contributed by atoms with Gasteiger partial charge < -0.3 is 20.1 Å². The van der Waals surface area contributed by atoms with Crippen molar-refractivity contribution in [2.24, 2.45) is 0 Å². The molecular weight excluding hydrogens is 304 g/mol. The topological polar surface area (TPSA) is 61.8 Å². The third-order valence-corrected chi connectivity index (χ3v) is 4.20. The third kappa shape index (κ3) is 5.80. The number of carbonyl (C=O) groups is 1.